The van der Waals surface area contributed by atoms with Crippen molar-refractivity contribution in [3.05, 3.63) is 47.7 Å². The Balaban J connectivity index is 1.94. The largest absolute Gasteiger partial charge is 0.465 e. The predicted molar refractivity (Wildman–Crippen MR) is 96.4 cm³/mol. The summed E-state index contributed by atoms with van der Waals surface area (Å²) in [6.45, 7) is 1.98. The molecule has 1 fully saturated rings. The number of anilines is 1. The van der Waals surface area contributed by atoms with Crippen LogP contribution in [0.15, 0.2) is 36.5 Å². The zero-order valence-corrected chi connectivity index (χ0v) is 14.4. The van der Waals surface area contributed by atoms with Crippen molar-refractivity contribution in [1.82, 2.24) is 4.98 Å². The minimum Gasteiger partial charge on any atom is -0.465 e. The molecule has 5 nitrogen and oxygen atoms in total. The molecule has 5 heteroatoms. The van der Waals surface area contributed by atoms with Gasteiger partial charge in [0.2, 0.25) is 0 Å². The Labute approximate surface area is 147 Å². The topological polar surface area (TPSA) is 66.2 Å². The van der Waals surface area contributed by atoms with E-state index < -0.39 is 5.97 Å². The SMILES string of the molecule is COC(=O)c1ccnc(-c2ccc(N3CCCCCC3)c(C#N)c2)c1. The highest BCUT2D eigenvalue weighted by Crippen LogP contribution is 2.28. The molecule has 0 spiro atoms. The Kier molecular flexibility index (Phi) is 5.30. The Bertz CT molecular complexity index is 803. The molecule has 0 saturated carbocycles. The van der Waals surface area contributed by atoms with E-state index in [1.165, 1.54) is 20.0 Å². The zero-order chi connectivity index (χ0) is 17.6. The predicted octanol–water partition coefficient (Wildman–Crippen LogP) is 3.79. The first-order chi connectivity index (χ1) is 12.2. The summed E-state index contributed by atoms with van der Waals surface area (Å²) in [5.74, 6) is -0.398. The van der Waals surface area contributed by atoms with Crippen LogP contribution in [0.5, 0.6) is 0 Å². The van der Waals surface area contributed by atoms with Gasteiger partial charge >= 0.3 is 5.97 Å². The number of pyridine rings is 1. The van der Waals surface area contributed by atoms with Crippen molar-refractivity contribution in [3.63, 3.8) is 0 Å². The highest BCUT2D eigenvalue weighted by Gasteiger charge is 2.15. The van der Waals surface area contributed by atoms with E-state index in [1.807, 2.05) is 18.2 Å². The molecule has 3 rings (SSSR count). The third kappa shape index (κ3) is 3.80. The van der Waals surface area contributed by atoms with Crippen molar-refractivity contribution >= 4 is 11.7 Å². The number of carbonyl (C=O) groups excluding carboxylic acids is 1. The molecule has 2 aromatic rings. The molecule has 1 aromatic heterocycles. The molecule has 0 aliphatic carbocycles. The first kappa shape index (κ1) is 17.0. The standard InChI is InChI=1S/C20H21N3O2/c1-25-20(24)16-8-9-22-18(13-16)15-6-7-19(17(12-15)14-21)23-10-4-2-3-5-11-23/h6-9,12-13H,2-5,10-11H2,1H3. The summed E-state index contributed by atoms with van der Waals surface area (Å²) < 4.78 is 4.76. The number of benzene rings is 1. The van der Waals surface area contributed by atoms with Crippen molar-refractivity contribution in [1.29, 1.82) is 5.26 Å². The maximum atomic E-state index is 11.7. The second-order valence-corrected chi connectivity index (χ2v) is 6.17. The highest BCUT2D eigenvalue weighted by atomic mass is 16.5. The van der Waals surface area contributed by atoms with Gasteiger partial charge in [0.05, 0.1) is 29.6 Å². The molecule has 2 heterocycles. The molecule has 1 aliphatic heterocycles. The van der Waals surface area contributed by atoms with Gasteiger partial charge in [-0.1, -0.05) is 18.9 Å². The maximum absolute atomic E-state index is 11.7. The lowest BCUT2D eigenvalue weighted by Crippen LogP contribution is -2.24. The molecule has 25 heavy (non-hydrogen) atoms. The van der Waals surface area contributed by atoms with Crippen molar-refractivity contribution in [2.24, 2.45) is 0 Å². The van der Waals surface area contributed by atoms with Crippen LogP contribution in [0.2, 0.25) is 0 Å². The van der Waals surface area contributed by atoms with E-state index in [0.717, 1.165) is 37.2 Å². The number of aromatic nitrogens is 1. The van der Waals surface area contributed by atoms with Crippen LogP contribution >= 0.6 is 0 Å². The molecule has 1 aromatic carbocycles. The smallest absolute Gasteiger partial charge is 0.337 e. The van der Waals surface area contributed by atoms with Crippen LogP contribution in [-0.4, -0.2) is 31.2 Å². The van der Waals surface area contributed by atoms with E-state index in [0.29, 0.717) is 16.8 Å². The van der Waals surface area contributed by atoms with Crippen molar-refractivity contribution in [2.45, 2.75) is 25.7 Å². The van der Waals surface area contributed by atoms with Crippen LogP contribution in [-0.2, 0) is 4.74 Å². The van der Waals surface area contributed by atoms with Gasteiger partial charge in [-0.05, 0) is 37.1 Å². The Morgan fingerprint density at radius 3 is 2.60 bits per heavy atom. The lowest BCUT2D eigenvalue weighted by atomic mass is 10.0. The van der Waals surface area contributed by atoms with Gasteiger partial charge < -0.3 is 9.64 Å². The van der Waals surface area contributed by atoms with Gasteiger partial charge in [0.1, 0.15) is 6.07 Å². The molecule has 1 aliphatic rings. The van der Waals surface area contributed by atoms with Gasteiger partial charge in [0.25, 0.3) is 0 Å². The number of hydrogen-bond acceptors (Lipinski definition) is 5. The summed E-state index contributed by atoms with van der Waals surface area (Å²) in [4.78, 5) is 18.3. The Hall–Kier alpha value is -2.87. The van der Waals surface area contributed by atoms with Gasteiger partial charge in [-0.25, -0.2) is 4.79 Å². The third-order valence-electron chi connectivity index (χ3n) is 4.54. The van der Waals surface area contributed by atoms with E-state index >= 15 is 0 Å². The van der Waals surface area contributed by atoms with Crippen molar-refractivity contribution < 1.29 is 9.53 Å². The molecule has 0 N–H and O–H groups in total. The van der Waals surface area contributed by atoms with E-state index in [-0.39, 0.29) is 0 Å². The summed E-state index contributed by atoms with van der Waals surface area (Å²) in [6.07, 6.45) is 6.41. The summed E-state index contributed by atoms with van der Waals surface area (Å²) in [6, 6.07) is 11.4. The summed E-state index contributed by atoms with van der Waals surface area (Å²) >= 11 is 0. The number of hydrogen-bond donors (Lipinski definition) is 0. The molecule has 1 saturated heterocycles. The van der Waals surface area contributed by atoms with Crippen molar-refractivity contribution in [2.75, 3.05) is 25.1 Å². The van der Waals surface area contributed by atoms with E-state index in [9.17, 15) is 10.1 Å². The van der Waals surface area contributed by atoms with E-state index in [2.05, 4.69) is 16.0 Å². The first-order valence-electron chi connectivity index (χ1n) is 8.57. The normalized spacial score (nSPS) is 14.5. The number of nitrogens with zero attached hydrogens (tertiary/aromatic N) is 3. The average molecular weight is 335 g/mol. The lowest BCUT2D eigenvalue weighted by Gasteiger charge is -2.24. The second kappa shape index (κ2) is 7.80. The van der Waals surface area contributed by atoms with Crippen LogP contribution in [0.4, 0.5) is 5.69 Å². The molecule has 128 valence electrons. The number of carbonyl (C=O) groups is 1. The fourth-order valence-electron chi connectivity index (χ4n) is 3.21. The quantitative estimate of drug-likeness (QED) is 0.799. The molecular weight excluding hydrogens is 314 g/mol. The van der Waals surface area contributed by atoms with Crippen LogP contribution in [0.3, 0.4) is 0 Å². The molecule has 0 amide bonds. The first-order valence-corrected chi connectivity index (χ1v) is 8.57. The zero-order valence-electron chi connectivity index (χ0n) is 14.4. The molecule has 0 radical (unpaired) electrons. The van der Waals surface area contributed by atoms with Crippen LogP contribution in [0, 0.1) is 11.3 Å². The van der Waals surface area contributed by atoms with E-state index in [4.69, 9.17) is 4.74 Å². The van der Waals surface area contributed by atoms with Crippen LogP contribution in [0.25, 0.3) is 11.3 Å². The van der Waals surface area contributed by atoms with Gasteiger partial charge in [-0.2, -0.15) is 5.26 Å². The van der Waals surface area contributed by atoms with Gasteiger partial charge in [0.15, 0.2) is 0 Å². The third-order valence-corrected chi connectivity index (χ3v) is 4.54. The minimum atomic E-state index is -0.398. The summed E-state index contributed by atoms with van der Waals surface area (Å²) in [5, 5.41) is 9.60. The lowest BCUT2D eigenvalue weighted by molar-refractivity contribution is 0.0600. The number of nitriles is 1. The number of ether oxygens (including phenoxy) is 1. The number of rotatable bonds is 3. The molecule has 0 bridgehead atoms. The molecule has 0 unspecified atom stereocenters. The van der Waals surface area contributed by atoms with E-state index in [1.54, 1.807) is 18.3 Å². The van der Waals surface area contributed by atoms with Gasteiger partial charge in [-0.3, -0.25) is 4.98 Å². The Morgan fingerprint density at radius 2 is 1.92 bits per heavy atom. The van der Waals surface area contributed by atoms with Crippen LogP contribution in [0.1, 0.15) is 41.6 Å². The monoisotopic (exact) mass is 335 g/mol. The van der Waals surface area contributed by atoms with Crippen LogP contribution < -0.4 is 4.90 Å². The van der Waals surface area contributed by atoms with Gasteiger partial charge in [-0.15, -0.1) is 0 Å². The minimum absolute atomic E-state index is 0.398. The fraction of sp³-hybridized carbons (Fsp3) is 0.350. The maximum Gasteiger partial charge on any atom is 0.337 e. The summed E-state index contributed by atoms with van der Waals surface area (Å²) in [5.41, 5.74) is 3.55. The second-order valence-electron chi connectivity index (χ2n) is 6.17. The van der Waals surface area contributed by atoms with Gasteiger partial charge in [0, 0.05) is 24.8 Å². The summed E-state index contributed by atoms with van der Waals surface area (Å²) in [7, 11) is 1.35. The molecular formula is C20H21N3O2. The molecule has 0 atom stereocenters. The Morgan fingerprint density at radius 1 is 1.16 bits per heavy atom. The highest BCUT2D eigenvalue weighted by molar-refractivity contribution is 5.90. The fourth-order valence-corrected chi connectivity index (χ4v) is 3.21. The number of esters is 1. The van der Waals surface area contributed by atoms with Crippen molar-refractivity contribution in [3.8, 4) is 17.3 Å². The average Bonchev–Trinajstić information content (AvgIpc) is 2.96. The number of methoxy groups -OCH3 is 1.